The first-order chi connectivity index (χ1) is 9.45. The normalized spacial score (nSPS) is 12.9. The van der Waals surface area contributed by atoms with Gasteiger partial charge < -0.3 is 5.11 Å². The van der Waals surface area contributed by atoms with Gasteiger partial charge in [-0.2, -0.15) is 5.10 Å². The predicted molar refractivity (Wildman–Crippen MR) is 82.7 cm³/mol. The Bertz CT molecular complexity index is 565. The van der Waals surface area contributed by atoms with Gasteiger partial charge in [0.15, 0.2) is 0 Å². The Morgan fingerprint density at radius 3 is 2.75 bits per heavy atom. The van der Waals surface area contributed by atoms with Crippen molar-refractivity contribution in [3.8, 4) is 0 Å². The number of nitrogens with zero attached hydrogens (tertiary/aromatic N) is 3. The molecular weight excluding hydrogens is 342 g/mol. The first-order valence-electron chi connectivity index (χ1n) is 6.46. The molecule has 0 fully saturated rings. The summed E-state index contributed by atoms with van der Waals surface area (Å²) in [6.07, 6.45) is 1.29. The van der Waals surface area contributed by atoms with Crippen molar-refractivity contribution in [2.45, 2.75) is 32.9 Å². The topological polar surface area (TPSA) is 50.9 Å². The maximum Gasteiger partial charge on any atom is 0.138 e. The maximum absolute atomic E-state index is 10.3. The van der Waals surface area contributed by atoms with E-state index in [4.69, 9.17) is 11.6 Å². The Kier molecular flexibility index (Phi) is 5.18. The molecule has 1 heterocycles. The molecule has 0 amide bonds. The van der Waals surface area contributed by atoms with Crippen LogP contribution in [-0.4, -0.2) is 19.9 Å². The number of aromatic nitrogens is 3. The van der Waals surface area contributed by atoms with Crippen molar-refractivity contribution in [1.29, 1.82) is 0 Å². The number of aliphatic hydroxyl groups is 1. The third-order valence-electron chi connectivity index (χ3n) is 2.88. The van der Waals surface area contributed by atoms with Gasteiger partial charge >= 0.3 is 0 Å². The zero-order valence-corrected chi connectivity index (χ0v) is 13.8. The van der Waals surface area contributed by atoms with Crippen molar-refractivity contribution in [2.24, 2.45) is 5.92 Å². The molecule has 0 radical (unpaired) electrons. The fourth-order valence-corrected chi connectivity index (χ4v) is 2.89. The summed E-state index contributed by atoms with van der Waals surface area (Å²) in [6, 6.07) is 5.42. The Labute approximate surface area is 131 Å². The van der Waals surface area contributed by atoms with Crippen LogP contribution in [0.5, 0.6) is 0 Å². The summed E-state index contributed by atoms with van der Waals surface area (Å²) in [4.78, 5) is 4.23. The van der Waals surface area contributed by atoms with E-state index in [1.807, 2.05) is 10.7 Å². The molecule has 2 aromatic rings. The molecule has 0 bridgehead atoms. The second-order valence-corrected chi connectivity index (χ2v) is 6.53. The van der Waals surface area contributed by atoms with Crippen LogP contribution in [0.1, 0.15) is 31.3 Å². The van der Waals surface area contributed by atoms with E-state index in [-0.39, 0.29) is 0 Å². The van der Waals surface area contributed by atoms with E-state index in [0.29, 0.717) is 17.4 Å². The van der Waals surface area contributed by atoms with Gasteiger partial charge in [-0.1, -0.05) is 41.4 Å². The molecule has 0 saturated heterocycles. The standard InChI is InChI=1S/C14H17BrClN3O/c1-9(2)7-19-14(17-8-18-19)6-13(20)10-3-11(15)5-12(16)4-10/h3-5,8-9,13,20H,6-7H2,1-2H3. The van der Waals surface area contributed by atoms with Gasteiger partial charge in [0.2, 0.25) is 0 Å². The highest BCUT2D eigenvalue weighted by molar-refractivity contribution is 9.10. The first-order valence-corrected chi connectivity index (χ1v) is 7.63. The highest BCUT2D eigenvalue weighted by Crippen LogP contribution is 2.25. The molecule has 1 aromatic carbocycles. The van der Waals surface area contributed by atoms with Gasteiger partial charge in [0.25, 0.3) is 0 Å². The van der Waals surface area contributed by atoms with Crippen LogP contribution >= 0.6 is 27.5 Å². The average Bonchev–Trinajstić information content (AvgIpc) is 2.74. The highest BCUT2D eigenvalue weighted by Gasteiger charge is 2.15. The third-order valence-corrected chi connectivity index (χ3v) is 3.56. The van der Waals surface area contributed by atoms with E-state index in [9.17, 15) is 5.11 Å². The molecule has 6 heteroatoms. The second kappa shape index (κ2) is 6.70. The van der Waals surface area contributed by atoms with Crippen LogP contribution in [0.15, 0.2) is 29.0 Å². The number of hydrogen-bond donors (Lipinski definition) is 1. The Morgan fingerprint density at radius 2 is 2.10 bits per heavy atom. The molecule has 0 aliphatic rings. The monoisotopic (exact) mass is 357 g/mol. The minimum Gasteiger partial charge on any atom is -0.388 e. The summed E-state index contributed by atoms with van der Waals surface area (Å²) in [5.41, 5.74) is 0.767. The van der Waals surface area contributed by atoms with E-state index in [1.54, 1.807) is 12.1 Å². The Hall–Kier alpha value is -0.910. The summed E-state index contributed by atoms with van der Waals surface area (Å²) in [6.45, 7) is 5.03. The SMILES string of the molecule is CC(C)Cn1ncnc1CC(O)c1cc(Cl)cc(Br)c1. The lowest BCUT2D eigenvalue weighted by molar-refractivity contribution is 0.173. The smallest absolute Gasteiger partial charge is 0.138 e. The van der Waals surface area contributed by atoms with Gasteiger partial charge in [0.1, 0.15) is 12.2 Å². The van der Waals surface area contributed by atoms with Crippen LogP contribution < -0.4 is 0 Å². The Morgan fingerprint density at radius 1 is 1.35 bits per heavy atom. The lowest BCUT2D eigenvalue weighted by Crippen LogP contribution is -2.13. The number of aliphatic hydroxyl groups excluding tert-OH is 1. The average molecular weight is 359 g/mol. The fraction of sp³-hybridized carbons (Fsp3) is 0.429. The molecule has 20 heavy (non-hydrogen) atoms. The summed E-state index contributed by atoms with van der Waals surface area (Å²) >= 11 is 9.38. The number of rotatable bonds is 5. The summed E-state index contributed by atoms with van der Waals surface area (Å²) in [5.74, 6) is 1.26. The lowest BCUT2D eigenvalue weighted by Gasteiger charge is -2.13. The molecule has 0 aliphatic heterocycles. The molecule has 108 valence electrons. The van der Waals surface area contributed by atoms with Crippen molar-refractivity contribution in [1.82, 2.24) is 14.8 Å². The van der Waals surface area contributed by atoms with E-state index in [2.05, 4.69) is 39.9 Å². The van der Waals surface area contributed by atoms with Crippen LogP contribution in [0.25, 0.3) is 0 Å². The fourth-order valence-electron chi connectivity index (χ4n) is 2.00. The van der Waals surface area contributed by atoms with Crippen molar-refractivity contribution in [3.63, 3.8) is 0 Å². The molecule has 1 N–H and O–H groups in total. The summed E-state index contributed by atoms with van der Waals surface area (Å²) in [7, 11) is 0. The number of benzene rings is 1. The molecule has 0 saturated carbocycles. The minimum atomic E-state index is -0.653. The molecule has 2 rings (SSSR count). The van der Waals surface area contributed by atoms with E-state index in [1.165, 1.54) is 6.33 Å². The number of hydrogen-bond acceptors (Lipinski definition) is 3. The van der Waals surface area contributed by atoms with Gasteiger partial charge in [-0.05, 0) is 29.7 Å². The van der Waals surface area contributed by atoms with Crippen molar-refractivity contribution in [2.75, 3.05) is 0 Å². The van der Waals surface area contributed by atoms with Gasteiger partial charge in [0, 0.05) is 22.5 Å². The maximum atomic E-state index is 10.3. The van der Waals surface area contributed by atoms with Gasteiger partial charge in [0.05, 0.1) is 6.10 Å². The lowest BCUT2D eigenvalue weighted by atomic mass is 10.1. The molecule has 1 unspecified atom stereocenters. The minimum absolute atomic E-state index is 0.416. The van der Waals surface area contributed by atoms with Crippen LogP contribution in [0, 0.1) is 5.92 Å². The van der Waals surface area contributed by atoms with Crippen LogP contribution in [0.3, 0.4) is 0 Å². The van der Waals surface area contributed by atoms with Crippen molar-refractivity contribution in [3.05, 3.63) is 45.4 Å². The van der Waals surface area contributed by atoms with Crippen LogP contribution in [0.2, 0.25) is 5.02 Å². The van der Waals surface area contributed by atoms with Crippen molar-refractivity contribution >= 4 is 27.5 Å². The molecule has 0 spiro atoms. The quantitative estimate of drug-likeness (QED) is 0.888. The summed E-state index contributed by atoms with van der Waals surface area (Å²) in [5, 5.41) is 15.1. The van der Waals surface area contributed by atoms with Gasteiger partial charge in [-0.3, -0.25) is 0 Å². The Balaban J connectivity index is 2.15. The van der Waals surface area contributed by atoms with Gasteiger partial charge in [-0.15, -0.1) is 0 Å². The summed E-state index contributed by atoms with van der Waals surface area (Å²) < 4.78 is 2.69. The van der Waals surface area contributed by atoms with E-state index >= 15 is 0 Å². The van der Waals surface area contributed by atoms with Crippen LogP contribution in [-0.2, 0) is 13.0 Å². The predicted octanol–water partition coefficient (Wildman–Crippen LogP) is 3.63. The number of halogens is 2. The second-order valence-electron chi connectivity index (χ2n) is 5.17. The molecular formula is C14H17BrClN3O. The molecule has 1 aromatic heterocycles. The largest absolute Gasteiger partial charge is 0.388 e. The zero-order chi connectivity index (χ0) is 14.7. The van der Waals surface area contributed by atoms with Crippen LogP contribution in [0.4, 0.5) is 0 Å². The van der Waals surface area contributed by atoms with E-state index in [0.717, 1.165) is 22.4 Å². The molecule has 1 atom stereocenters. The molecule has 0 aliphatic carbocycles. The van der Waals surface area contributed by atoms with E-state index < -0.39 is 6.10 Å². The van der Waals surface area contributed by atoms with Gasteiger partial charge in [-0.25, -0.2) is 9.67 Å². The first kappa shape index (κ1) is 15.5. The highest BCUT2D eigenvalue weighted by atomic mass is 79.9. The third kappa shape index (κ3) is 4.04. The molecule has 4 nitrogen and oxygen atoms in total. The van der Waals surface area contributed by atoms with Crippen molar-refractivity contribution < 1.29 is 5.11 Å². The zero-order valence-electron chi connectivity index (χ0n) is 11.4.